The Morgan fingerprint density at radius 2 is 2.38 bits per heavy atom. The van der Waals surface area contributed by atoms with Crippen molar-refractivity contribution in [3.8, 4) is 0 Å². The van der Waals surface area contributed by atoms with Gasteiger partial charge in [-0.15, -0.1) is 0 Å². The summed E-state index contributed by atoms with van der Waals surface area (Å²) >= 11 is 0. The van der Waals surface area contributed by atoms with Crippen LogP contribution in [0.2, 0.25) is 0 Å². The van der Waals surface area contributed by atoms with Crippen LogP contribution in [0.5, 0.6) is 0 Å². The molecule has 1 aromatic rings. The molecule has 16 heavy (non-hydrogen) atoms. The molecule has 0 atom stereocenters. The maximum atomic E-state index is 10.6. The fraction of sp³-hybridized carbons (Fsp3) is 0.111. The quantitative estimate of drug-likeness (QED) is 0.209. The molecular formula is C9H9N5O2. The highest BCUT2D eigenvalue weighted by Gasteiger charge is 2.10. The zero-order valence-electron chi connectivity index (χ0n) is 8.28. The van der Waals surface area contributed by atoms with E-state index in [9.17, 15) is 10.1 Å². The minimum atomic E-state index is -0.542. The van der Waals surface area contributed by atoms with Gasteiger partial charge in [0.2, 0.25) is 0 Å². The van der Waals surface area contributed by atoms with E-state index < -0.39 is 4.92 Å². The van der Waals surface area contributed by atoms with E-state index in [1.807, 2.05) is 0 Å². The standard InChI is InChI=1S/C9H9N5O2/c10-8-4-3-7(2-1-5-12-13-11)6-9(8)14(15)16/h1-4,6H,5,10H2. The van der Waals surface area contributed by atoms with E-state index in [1.54, 1.807) is 18.2 Å². The molecule has 0 saturated carbocycles. The molecule has 0 spiro atoms. The first-order chi connectivity index (χ1) is 7.65. The summed E-state index contributed by atoms with van der Waals surface area (Å²) in [5, 5.41) is 13.9. The Hall–Kier alpha value is -2.53. The van der Waals surface area contributed by atoms with Gasteiger partial charge in [0, 0.05) is 17.5 Å². The van der Waals surface area contributed by atoms with E-state index in [4.69, 9.17) is 11.3 Å². The van der Waals surface area contributed by atoms with Gasteiger partial charge < -0.3 is 5.73 Å². The first-order valence-electron chi connectivity index (χ1n) is 4.36. The van der Waals surface area contributed by atoms with Gasteiger partial charge in [-0.2, -0.15) is 0 Å². The summed E-state index contributed by atoms with van der Waals surface area (Å²) in [5.41, 5.74) is 14.1. The van der Waals surface area contributed by atoms with Crippen molar-refractivity contribution >= 4 is 17.5 Å². The monoisotopic (exact) mass is 219 g/mol. The third-order valence-corrected chi connectivity index (χ3v) is 1.81. The smallest absolute Gasteiger partial charge is 0.292 e. The molecule has 0 heterocycles. The van der Waals surface area contributed by atoms with Gasteiger partial charge in [0.25, 0.3) is 5.69 Å². The first kappa shape index (κ1) is 11.5. The van der Waals surface area contributed by atoms with Crippen LogP contribution in [0.3, 0.4) is 0 Å². The SMILES string of the molecule is [N-]=[N+]=NCC=Cc1ccc(N)c([N+](=O)[O-])c1. The summed E-state index contributed by atoms with van der Waals surface area (Å²) in [6, 6.07) is 4.47. The molecule has 0 aromatic heterocycles. The normalized spacial score (nSPS) is 10.0. The topological polar surface area (TPSA) is 118 Å². The van der Waals surface area contributed by atoms with E-state index in [0.29, 0.717) is 5.56 Å². The van der Waals surface area contributed by atoms with Gasteiger partial charge in [-0.25, -0.2) is 0 Å². The highest BCUT2D eigenvalue weighted by atomic mass is 16.6. The first-order valence-corrected chi connectivity index (χ1v) is 4.36. The summed E-state index contributed by atoms with van der Waals surface area (Å²) in [7, 11) is 0. The molecule has 2 N–H and O–H groups in total. The summed E-state index contributed by atoms with van der Waals surface area (Å²) in [5.74, 6) is 0. The molecule has 0 bridgehead atoms. The van der Waals surface area contributed by atoms with Crippen LogP contribution in [0.15, 0.2) is 29.4 Å². The fourth-order valence-corrected chi connectivity index (χ4v) is 1.09. The average Bonchev–Trinajstić information content (AvgIpc) is 2.26. The van der Waals surface area contributed by atoms with E-state index in [2.05, 4.69) is 10.0 Å². The predicted molar refractivity (Wildman–Crippen MR) is 60.6 cm³/mol. The molecule has 1 aromatic carbocycles. The van der Waals surface area contributed by atoms with Crippen LogP contribution in [0.25, 0.3) is 16.5 Å². The molecule has 0 aliphatic heterocycles. The van der Waals surface area contributed by atoms with Crippen LogP contribution in [0, 0.1) is 10.1 Å². The number of nitrogens with zero attached hydrogens (tertiary/aromatic N) is 4. The van der Waals surface area contributed by atoms with Crippen molar-refractivity contribution in [2.24, 2.45) is 5.11 Å². The zero-order chi connectivity index (χ0) is 12.0. The molecule has 0 saturated heterocycles. The van der Waals surface area contributed by atoms with Gasteiger partial charge in [0.1, 0.15) is 5.69 Å². The Kier molecular flexibility index (Phi) is 3.88. The van der Waals surface area contributed by atoms with Crippen LogP contribution in [0.1, 0.15) is 5.56 Å². The molecule has 1 rings (SSSR count). The molecule has 0 unspecified atom stereocenters. The number of hydrogen-bond acceptors (Lipinski definition) is 4. The molecule has 0 amide bonds. The second kappa shape index (κ2) is 5.38. The Morgan fingerprint density at radius 3 is 3.00 bits per heavy atom. The minimum absolute atomic E-state index is 0.122. The fourth-order valence-electron chi connectivity index (χ4n) is 1.09. The number of nitrogen functional groups attached to an aromatic ring is 1. The molecule has 82 valence electrons. The lowest BCUT2D eigenvalue weighted by molar-refractivity contribution is -0.383. The van der Waals surface area contributed by atoms with Crippen LogP contribution < -0.4 is 5.73 Å². The number of benzene rings is 1. The average molecular weight is 219 g/mol. The van der Waals surface area contributed by atoms with Crippen LogP contribution >= 0.6 is 0 Å². The predicted octanol–water partition coefficient (Wildman–Crippen LogP) is 2.50. The van der Waals surface area contributed by atoms with Crippen LogP contribution in [-0.2, 0) is 0 Å². The number of azide groups is 1. The van der Waals surface area contributed by atoms with Gasteiger partial charge in [-0.1, -0.05) is 23.3 Å². The second-order valence-electron chi connectivity index (χ2n) is 2.89. The molecule has 7 heteroatoms. The number of hydrogen-bond donors (Lipinski definition) is 1. The van der Waals surface area contributed by atoms with E-state index in [0.717, 1.165) is 0 Å². The summed E-state index contributed by atoms with van der Waals surface area (Å²) in [6.07, 6.45) is 3.23. The number of nitro groups is 1. The maximum Gasteiger partial charge on any atom is 0.292 e. The van der Waals surface area contributed by atoms with Gasteiger partial charge in [0.15, 0.2) is 0 Å². The van der Waals surface area contributed by atoms with Crippen LogP contribution in [0.4, 0.5) is 11.4 Å². The molecular weight excluding hydrogens is 210 g/mol. The summed E-state index contributed by atoms with van der Waals surface area (Å²) in [4.78, 5) is 12.6. The third-order valence-electron chi connectivity index (χ3n) is 1.81. The number of rotatable bonds is 4. The number of nitrogens with two attached hydrogens (primary N) is 1. The summed E-state index contributed by atoms with van der Waals surface area (Å²) < 4.78 is 0. The molecule has 0 aliphatic rings. The molecule has 0 aliphatic carbocycles. The van der Waals surface area contributed by atoms with Crippen LogP contribution in [-0.4, -0.2) is 11.5 Å². The van der Waals surface area contributed by atoms with Gasteiger partial charge >= 0.3 is 0 Å². The van der Waals surface area contributed by atoms with Crippen molar-refractivity contribution in [2.75, 3.05) is 12.3 Å². The van der Waals surface area contributed by atoms with E-state index >= 15 is 0 Å². The third kappa shape index (κ3) is 3.00. The molecule has 0 radical (unpaired) electrons. The van der Waals surface area contributed by atoms with Crippen molar-refractivity contribution in [1.82, 2.24) is 0 Å². The van der Waals surface area contributed by atoms with Gasteiger partial charge in [-0.3, -0.25) is 10.1 Å². The van der Waals surface area contributed by atoms with Crippen molar-refractivity contribution < 1.29 is 4.92 Å². The second-order valence-corrected chi connectivity index (χ2v) is 2.89. The molecule has 7 nitrogen and oxygen atoms in total. The Balaban J connectivity index is 2.90. The van der Waals surface area contributed by atoms with Crippen molar-refractivity contribution in [3.05, 3.63) is 50.4 Å². The highest BCUT2D eigenvalue weighted by molar-refractivity contribution is 5.64. The van der Waals surface area contributed by atoms with E-state index in [-0.39, 0.29) is 17.9 Å². The van der Waals surface area contributed by atoms with Crippen molar-refractivity contribution in [3.63, 3.8) is 0 Å². The Bertz CT molecular complexity index is 477. The van der Waals surface area contributed by atoms with Gasteiger partial charge in [0.05, 0.1) is 4.92 Å². The Morgan fingerprint density at radius 1 is 1.62 bits per heavy atom. The number of anilines is 1. The van der Waals surface area contributed by atoms with E-state index in [1.165, 1.54) is 12.1 Å². The summed E-state index contributed by atoms with van der Waals surface area (Å²) in [6.45, 7) is 0.203. The molecule has 0 fully saturated rings. The largest absolute Gasteiger partial charge is 0.393 e. The Labute approximate surface area is 91.0 Å². The van der Waals surface area contributed by atoms with Crippen molar-refractivity contribution in [2.45, 2.75) is 0 Å². The maximum absolute atomic E-state index is 10.6. The minimum Gasteiger partial charge on any atom is -0.393 e. The zero-order valence-corrected chi connectivity index (χ0v) is 8.28. The lowest BCUT2D eigenvalue weighted by atomic mass is 10.1. The van der Waals surface area contributed by atoms with Gasteiger partial charge in [-0.05, 0) is 17.2 Å². The number of nitro benzene ring substituents is 1. The lowest BCUT2D eigenvalue weighted by Gasteiger charge is -1.98. The lowest BCUT2D eigenvalue weighted by Crippen LogP contribution is -1.95. The van der Waals surface area contributed by atoms with Crippen molar-refractivity contribution in [1.29, 1.82) is 0 Å². The highest BCUT2D eigenvalue weighted by Crippen LogP contribution is 2.22.